The number of nitrogens with zero attached hydrogens (tertiary/aromatic N) is 4. The van der Waals surface area contributed by atoms with Gasteiger partial charge in [0.1, 0.15) is 0 Å². The van der Waals surface area contributed by atoms with Crippen molar-refractivity contribution in [3.8, 4) is 0 Å². The standard InChI is InChI=1S/C24H29N5O2/c1-17(2)15-29-23-20(14-27-29)12-21(13-26-23)24(31)25-10-5-8-22(30)28-11-9-18-6-3-4-7-19(18)16-28/h3-4,6-7,12-14,17H,5,8-11,15-16H2,1-2H3,(H,25,31). The van der Waals surface area contributed by atoms with Crippen molar-refractivity contribution in [2.75, 3.05) is 13.1 Å². The van der Waals surface area contributed by atoms with Crippen molar-refractivity contribution in [1.29, 1.82) is 0 Å². The summed E-state index contributed by atoms with van der Waals surface area (Å²) < 4.78 is 1.87. The summed E-state index contributed by atoms with van der Waals surface area (Å²) in [5.74, 6) is 0.435. The number of pyridine rings is 1. The van der Waals surface area contributed by atoms with Crippen molar-refractivity contribution >= 4 is 22.8 Å². The van der Waals surface area contributed by atoms with Crippen molar-refractivity contribution in [2.45, 2.75) is 46.2 Å². The normalized spacial score (nSPS) is 13.5. The predicted molar refractivity (Wildman–Crippen MR) is 119 cm³/mol. The molecule has 0 saturated carbocycles. The highest BCUT2D eigenvalue weighted by Gasteiger charge is 2.20. The van der Waals surface area contributed by atoms with Gasteiger partial charge in [0.15, 0.2) is 5.65 Å². The first-order chi connectivity index (χ1) is 15.0. The third-order valence-corrected chi connectivity index (χ3v) is 5.61. The largest absolute Gasteiger partial charge is 0.352 e. The Morgan fingerprint density at radius 2 is 1.97 bits per heavy atom. The number of amides is 2. The van der Waals surface area contributed by atoms with Crippen LogP contribution in [0.4, 0.5) is 0 Å². The Morgan fingerprint density at radius 3 is 2.77 bits per heavy atom. The molecule has 0 saturated heterocycles. The zero-order valence-electron chi connectivity index (χ0n) is 18.2. The first-order valence-electron chi connectivity index (χ1n) is 11.0. The predicted octanol–water partition coefficient (Wildman–Crippen LogP) is 3.18. The van der Waals surface area contributed by atoms with Gasteiger partial charge in [0, 0.05) is 44.2 Å². The molecule has 2 aromatic heterocycles. The Kier molecular flexibility index (Phi) is 6.30. The van der Waals surface area contributed by atoms with E-state index in [0.717, 1.165) is 30.5 Å². The summed E-state index contributed by atoms with van der Waals surface area (Å²) in [6, 6.07) is 10.1. The van der Waals surface area contributed by atoms with Crippen molar-refractivity contribution < 1.29 is 9.59 Å². The van der Waals surface area contributed by atoms with Gasteiger partial charge in [0.05, 0.1) is 11.8 Å². The van der Waals surface area contributed by atoms with Crippen LogP contribution in [0.2, 0.25) is 0 Å². The van der Waals surface area contributed by atoms with Crippen molar-refractivity contribution in [3.05, 3.63) is 59.4 Å². The number of benzene rings is 1. The number of carbonyl (C=O) groups is 2. The minimum absolute atomic E-state index is 0.143. The molecule has 2 amide bonds. The molecule has 7 nitrogen and oxygen atoms in total. The van der Waals surface area contributed by atoms with Gasteiger partial charge in [-0.1, -0.05) is 38.1 Å². The molecule has 1 aliphatic rings. The maximum absolute atomic E-state index is 12.5. The SMILES string of the molecule is CC(C)Cn1ncc2cc(C(=O)NCCCC(=O)N3CCc4ccccc4C3)cnc21. The van der Waals surface area contributed by atoms with Gasteiger partial charge < -0.3 is 10.2 Å². The minimum Gasteiger partial charge on any atom is -0.352 e. The monoisotopic (exact) mass is 419 g/mol. The van der Waals surface area contributed by atoms with Crippen LogP contribution in [0.3, 0.4) is 0 Å². The van der Waals surface area contributed by atoms with Crippen LogP contribution in [0.15, 0.2) is 42.7 Å². The average molecular weight is 420 g/mol. The fraction of sp³-hybridized carbons (Fsp3) is 0.417. The van der Waals surface area contributed by atoms with Crippen LogP contribution in [0, 0.1) is 5.92 Å². The smallest absolute Gasteiger partial charge is 0.252 e. The molecule has 162 valence electrons. The second-order valence-electron chi connectivity index (χ2n) is 8.55. The van der Waals surface area contributed by atoms with E-state index in [2.05, 4.69) is 41.4 Å². The molecule has 1 aromatic carbocycles. The van der Waals surface area contributed by atoms with Crippen LogP contribution in [-0.2, 0) is 24.3 Å². The molecule has 0 unspecified atom stereocenters. The van der Waals surface area contributed by atoms with E-state index in [4.69, 9.17) is 0 Å². The Balaban J connectivity index is 1.25. The van der Waals surface area contributed by atoms with E-state index >= 15 is 0 Å². The molecular formula is C24H29N5O2. The molecule has 3 aromatic rings. The lowest BCUT2D eigenvalue weighted by molar-refractivity contribution is -0.132. The third-order valence-electron chi connectivity index (χ3n) is 5.61. The minimum atomic E-state index is -0.176. The number of hydrogen-bond acceptors (Lipinski definition) is 4. The van der Waals surface area contributed by atoms with E-state index in [1.54, 1.807) is 12.4 Å². The molecule has 1 N–H and O–H groups in total. The summed E-state index contributed by atoms with van der Waals surface area (Å²) in [5.41, 5.74) is 3.86. The maximum atomic E-state index is 12.5. The second-order valence-corrected chi connectivity index (χ2v) is 8.55. The number of nitrogens with one attached hydrogen (secondary N) is 1. The summed E-state index contributed by atoms with van der Waals surface area (Å²) in [6.07, 6.45) is 5.29. The van der Waals surface area contributed by atoms with Gasteiger partial charge in [-0.2, -0.15) is 5.10 Å². The Labute approximate surface area is 182 Å². The summed E-state index contributed by atoms with van der Waals surface area (Å²) in [4.78, 5) is 31.4. The molecule has 31 heavy (non-hydrogen) atoms. The first kappa shape index (κ1) is 21.0. The highest BCUT2D eigenvalue weighted by Crippen LogP contribution is 2.19. The molecule has 0 spiro atoms. The van der Waals surface area contributed by atoms with Crippen LogP contribution >= 0.6 is 0 Å². The van der Waals surface area contributed by atoms with E-state index in [1.165, 1.54) is 11.1 Å². The molecule has 3 heterocycles. The molecule has 0 radical (unpaired) electrons. The second kappa shape index (κ2) is 9.29. The molecule has 1 aliphatic heterocycles. The fourth-order valence-electron chi connectivity index (χ4n) is 3.99. The maximum Gasteiger partial charge on any atom is 0.252 e. The van der Waals surface area contributed by atoms with E-state index in [0.29, 0.717) is 37.4 Å². The Morgan fingerprint density at radius 1 is 1.16 bits per heavy atom. The third kappa shape index (κ3) is 4.93. The fourth-order valence-corrected chi connectivity index (χ4v) is 3.99. The summed E-state index contributed by atoms with van der Waals surface area (Å²) in [7, 11) is 0. The highest BCUT2D eigenvalue weighted by atomic mass is 16.2. The van der Waals surface area contributed by atoms with Gasteiger partial charge in [0.2, 0.25) is 5.91 Å². The van der Waals surface area contributed by atoms with Gasteiger partial charge in [-0.15, -0.1) is 0 Å². The van der Waals surface area contributed by atoms with Crippen molar-refractivity contribution in [3.63, 3.8) is 0 Å². The number of carbonyl (C=O) groups excluding carboxylic acids is 2. The molecule has 0 bridgehead atoms. The van der Waals surface area contributed by atoms with Gasteiger partial charge >= 0.3 is 0 Å². The molecule has 0 atom stereocenters. The zero-order chi connectivity index (χ0) is 21.8. The lowest BCUT2D eigenvalue weighted by Gasteiger charge is -2.29. The summed E-state index contributed by atoms with van der Waals surface area (Å²) >= 11 is 0. The van der Waals surface area contributed by atoms with Gasteiger partial charge in [-0.25, -0.2) is 9.67 Å². The Hall–Kier alpha value is -3.22. The van der Waals surface area contributed by atoms with Crippen LogP contribution in [0.25, 0.3) is 11.0 Å². The van der Waals surface area contributed by atoms with Crippen LogP contribution in [0.5, 0.6) is 0 Å². The summed E-state index contributed by atoms with van der Waals surface area (Å²) in [5, 5.41) is 8.12. The summed E-state index contributed by atoms with van der Waals surface area (Å²) in [6.45, 7) is 6.95. The lowest BCUT2D eigenvalue weighted by Crippen LogP contribution is -2.36. The number of fused-ring (bicyclic) bond motifs is 2. The number of hydrogen-bond donors (Lipinski definition) is 1. The van der Waals surface area contributed by atoms with Crippen LogP contribution in [-0.4, -0.2) is 44.6 Å². The number of rotatable bonds is 7. The molecule has 7 heteroatoms. The quantitative estimate of drug-likeness (QED) is 0.597. The van der Waals surface area contributed by atoms with Crippen molar-refractivity contribution in [1.82, 2.24) is 25.0 Å². The van der Waals surface area contributed by atoms with E-state index in [9.17, 15) is 9.59 Å². The van der Waals surface area contributed by atoms with E-state index < -0.39 is 0 Å². The van der Waals surface area contributed by atoms with Crippen LogP contribution in [0.1, 0.15) is 48.2 Å². The van der Waals surface area contributed by atoms with Crippen LogP contribution < -0.4 is 5.32 Å². The van der Waals surface area contributed by atoms with E-state index in [1.807, 2.05) is 27.8 Å². The van der Waals surface area contributed by atoms with E-state index in [-0.39, 0.29) is 11.8 Å². The topological polar surface area (TPSA) is 80.1 Å². The molecule has 0 aliphatic carbocycles. The molecular weight excluding hydrogens is 390 g/mol. The lowest BCUT2D eigenvalue weighted by atomic mass is 9.99. The van der Waals surface area contributed by atoms with Gasteiger partial charge in [-0.05, 0) is 36.0 Å². The van der Waals surface area contributed by atoms with Gasteiger partial charge in [-0.3, -0.25) is 9.59 Å². The Bertz CT molecular complexity index is 1090. The number of aromatic nitrogens is 3. The highest BCUT2D eigenvalue weighted by molar-refractivity contribution is 5.96. The zero-order valence-corrected chi connectivity index (χ0v) is 18.2. The molecule has 4 rings (SSSR count). The average Bonchev–Trinajstić information content (AvgIpc) is 3.17. The van der Waals surface area contributed by atoms with Crippen molar-refractivity contribution in [2.24, 2.45) is 5.92 Å². The molecule has 0 fully saturated rings. The first-order valence-corrected chi connectivity index (χ1v) is 11.0. The van der Waals surface area contributed by atoms with Gasteiger partial charge in [0.25, 0.3) is 5.91 Å².